The number of aliphatic imine (C=N–C) groups is 1. The van der Waals surface area contributed by atoms with Crippen LogP contribution in [0, 0.1) is 0 Å². The van der Waals surface area contributed by atoms with Crippen LogP contribution in [0.1, 0.15) is 25.0 Å². The molecule has 0 atom stereocenters. The molecule has 0 unspecified atom stereocenters. The highest BCUT2D eigenvalue weighted by atomic mass is 16.6. The van der Waals surface area contributed by atoms with Gasteiger partial charge in [-0.1, -0.05) is 12.1 Å². The number of carbonyl (C=O) groups excluding carboxylic acids is 3. The molecule has 0 saturated carbocycles. The van der Waals surface area contributed by atoms with Crippen LogP contribution in [0.2, 0.25) is 0 Å². The predicted octanol–water partition coefficient (Wildman–Crippen LogP) is 2.89. The van der Waals surface area contributed by atoms with Crippen LogP contribution in [0.25, 0.3) is 6.08 Å². The van der Waals surface area contributed by atoms with Crippen molar-refractivity contribution in [1.82, 2.24) is 0 Å². The molecule has 1 aliphatic rings. The molecule has 2 aromatic rings. The zero-order valence-electron chi connectivity index (χ0n) is 15.9. The van der Waals surface area contributed by atoms with Gasteiger partial charge < -0.3 is 18.9 Å². The summed E-state index contributed by atoms with van der Waals surface area (Å²) in [6.45, 7) is 2.46. The van der Waals surface area contributed by atoms with E-state index in [-0.39, 0.29) is 23.1 Å². The Morgan fingerprint density at radius 2 is 1.72 bits per heavy atom. The average molecular weight is 395 g/mol. The summed E-state index contributed by atoms with van der Waals surface area (Å²) >= 11 is 0. The maximum Gasteiger partial charge on any atom is 0.363 e. The molecule has 0 radical (unpaired) electrons. The van der Waals surface area contributed by atoms with Gasteiger partial charge in [0, 0.05) is 19.4 Å². The minimum absolute atomic E-state index is 0.0467. The Hall–Kier alpha value is -3.94. The number of rotatable bonds is 5. The Labute approximate surface area is 166 Å². The third-order valence-corrected chi connectivity index (χ3v) is 3.72. The van der Waals surface area contributed by atoms with Crippen molar-refractivity contribution in [2.75, 3.05) is 7.11 Å². The van der Waals surface area contributed by atoms with Crippen LogP contribution in [0.3, 0.4) is 0 Å². The van der Waals surface area contributed by atoms with Crippen molar-refractivity contribution in [3.8, 4) is 17.2 Å². The number of esters is 3. The highest BCUT2D eigenvalue weighted by Gasteiger charge is 2.24. The molecular weight excluding hydrogens is 378 g/mol. The van der Waals surface area contributed by atoms with Crippen molar-refractivity contribution in [2.24, 2.45) is 4.99 Å². The van der Waals surface area contributed by atoms with E-state index in [1.807, 2.05) is 0 Å². The molecule has 1 aliphatic heterocycles. The Balaban J connectivity index is 1.93. The summed E-state index contributed by atoms with van der Waals surface area (Å²) in [4.78, 5) is 39.0. The monoisotopic (exact) mass is 395 g/mol. The summed E-state index contributed by atoms with van der Waals surface area (Å²) < 4.78 is 20.5. The van der Waals surface area contributed by atoms with Crippen molar-refractivity contribution in [1.29, 1.82) is 0 Å². The zero-order valence-corrected chi connectivity index (χ0v) is 15.9. The van der Waals surface area contributed by atoms with E-state index in [2.05, 4.69) is 4.99 Å². The summed E-state index contributed by atoms with van der Waals surface area (Å²) in [6, 6.07) is 11.5. The molecule has 8 heteroatoms. The molecule has 0 aliphatic carbocycles. The smallest absolute Gasteiger partial charge is 0.363 e. The fraction of sp³-hybridized carbons (Fsp3) is 0.143. The Bertz CT molecular complexity index is 1050. The van der Waals surface area contributed by atoms with Crippen molar-refractivity contribution >= 4 is 29.9 Å². The van der Waals surface area contributed by atoms with Gasteiger partial charge in [-0.15, -0.1) is 0 Å². The molecule has 148 valence electrons. The second-order valence-electron chi connectivity index (χ2n) is 5.96. The second kappa shape index (κ2) is 8.39. The summed E-state index contributed by atoms with van der Waals surface area (Å²) in [6.07, 6.45) is 1.47. The van der Waals surface area contributed by atoms with Gasteiger partial charge in [0.15, 0.2) is 17.2 Å². The molecule has 0 amide bonds. The first-order valence-electron chi connectivity index (χ1n) is 8.53. The third kappa shape index (κ3) is 4.86. The van der Waals surface area contributed by atoms with Gasteiger partial charge in [0.2, 0.25) is 5.90 Å². The number of hydrogen-bond acceptors (Lipinski definition) is 8. The average Bonchev–Trinajstić information content (AvgIpc) is 3.03. The summed E-state index contributed by atoms with van der Waals surface area (Å²) in [5, 5.41) is 0. The standard InChI is InChI=1S/C21H17NO7/c1-12(23)27-18-8-7-14(10-19(18)28-13(2)24)9-17-21(25)29-20(22-17)15-5-4-6-16(11-15)26-3/h4-11H,1-3H3/b17-9+. The minimum atomic E-state index is -0.624. The SMILES string of the molecule is COc1cccc(C2=N/C(=C/c3ccc(OC(C)=O)c(OC(C)=O)c3)C(=O)O2)c1. The molecule has 0 N–H and O–H groups in total. The van der Waals surface area contributed by atoms with E-state index < -0.39 is 17.9 Å². The number of methoxy groups -OCH3 is 1. The zero-order chi connectivity index (χ0) is 21.0. The minimum Gasteiger partial charge on any atom is -0.497 e. The molecular formula is C21H17NO7. The molecule has 8 nitrogen and oxygen atoms in total. The van der Waals surface area contributed by atoms with Crippen molar-refractivity contribution in [2.45, 2.75) is 13.8 Å². The number of nitrogens with zero attached hydrogens (tertiary/aromatic N) is 1. The Morgan fingerprint density at radius 3 is 2.41 bits per heavy atom. The van der Waals surface area contributed by atoms with Gasteiger partial charge in [0.1, 0.15) is 5.75 Å². The molecule has 0 fully saturated rings. The van der Waals surface area contributed by atoms with Gasteiger partial charge in [0.05, 0.1) is 7.11 Å². The first-order valence-corrected chi connectivity index (χ1v) is 8.53. The van der Waals surface area contributed by atoms with Crippen LogP contribution in [0.15, 0.2) is 53.2 Å². The van der Waals surface area contributed by atoms with E-state index in [0.717, 1.165) is 0 Å². The van der Waals surface area contributed by atoms with Gasteiger partial charge in [-0.05, 0) is 42.0 Å². The molecule has 0 saturated heterocycles. The van der Waals surface area contributed by atoms with Crippen LogP contribution < -0.4 is 14.2 Å². The largest absolute Gasteiger partial charge is 0.497 e. The summed E-state index contributed by atoms with van der Waals surface area (Å²) in [7, 11) is 1.53. The number of ether oxygens (including phenoxy) is 4. The lowest BCUT2D eigenvalue weighted by Crippen LogP contribution is -2.07. The van der Waals surface area contributed by atoms with E-state index in [1.165, 1.54) is 39.2 Å². The summed E-state index contributed by atoms with van der Waals surface area (Å²) in [5.74, 6) is -0.878. The van der Waals surface area contributed by atoms with E-state index in [9.17, 15) is 14.4 Å². The van der Waals surface area contributed by atoms with Gasteiger partial charge >= 0.3 is 17.9 Å². The van der Waals surface area contributed by atoms with Crippen LogP contribution in [0.5, 0.6) is 17.2 Å². The van der Waals surface area contributed by atoms with Crippen molar-refractivity contribution < 1.29 is 33.3 Å². The van der Waals surface area contributed by atoms with Gasteiger partial charge in [-0.2, -0.15) is 0 Å². The third-order valence-electron chi connectivity index (χ3n) is 3.72. The maximum absolute atomic E-state index is 12.2. The molecule has 29 heavy (non-hydrogen) atoms. The highest BCUT2D eigenvalue weighted by molar-refractivity contribution is 6.13. The van der Waals surface area contributed by atoms with E-state index in [1.54, 1.807) is 30.3 Å². The van der Waals surface area contributed by atoms with E-state index in [0.29, 0.717) is 16.9 Å². The highest BCUT2D eigenvalue weighted by Crippen LogP contribution is 2.30. The fourth-order valence-electron chi connectivity index (χ4n) is 2.53. The molecule has 3 rings (SSSR count). The lowest BCUT2D eigenvalue weighted by atomic mass is 10.1. The van der Waals surface area contributed by atoms with Crippen LogP contribution >= 0.6 is 0 Å². The molecule has 1 heterocycles. The molecule has 0 bridgehead atoms. The topological polar surface area (TPSA) is 100 Å². The van der Waals surface area contributed by atoms with Crippen LogP contribution in [-0.4, -0.2) is 30.9 Å². The van der Waals surface area contributed by atoms with Crippen molar-refractivity contribution in [3.63, 3.8) is 0 Å². The predicted molar refractivity (Wildman–Crippen MR) is 103 cm³/mol. The Morgan fingerprint density at radius 1 is 1.00 bits per heavy atom. The fourth-order valence-corrected chi connectivity index (χ4v) is 2.53. The van der Waals surface area contributed by atoms with Crippen LogP contribution in [0.4, 0.5) is 0 Å². The molecule has 0 aromatic heterocycles. The van der Waals surface area contributed by atoms with Crippen LogP contribution in [-0.2, 0) is 19.1 Å². The van der Waals surface area contributed by atoms with Gasteiger partial charge in [-0.3, -0.25) is 9.59 Å². The summed E-state index contributed by atoms with van der Waals surface area (Å²) in [5.41, 5.74) is 1.16. The number of carbonyl (C=O) groups is 3. The normalized spacial score (nSPS) is 14.2. The number of benzene rings is 2. The quantitative estimate of drug-likeness (QED) is 0.436. The lowest BCUT2D eigenvalue weighted by Gasteiger charge is -2.09. The van der Waals surface area contributed by atoms with Gasteiger partial charge in [0.25, 0.3) is 0 Å². The number of hydrogen-bond donors (Lipinski definition) is 0. The first-order chi connectivity index (χ1) is 13.9. The van der Waals surface area contributed by atoms with Gasteiger partial charge in [-0.25, -0.2) is 9.79 Å². The first kappa shape index (κ1) is 19.8. The maximum atomic E-state index is 12.2. The molecule has 0 spiro atoms. The van der Waals surface area contributed by atoms with Crippen molar-refractivity contribution in [3.05, 3.63) is 59.3 Å². The van der Waals surface area contributed by atoms with E-state index >= 15 is 0 Å². The number of cyclic esters (lactones) is 1. The Kier molecular flexibility index (Phi) is 5.73. The van der Waals surface area contributed by atoms with E-state index in [4.69, 9.17) is 18.9 Å². The molecule has 2 aromatic carbocycles. The lowest BCUT2D eigenvalue weighted by molar-refractivity contribution is -0.134. The second-order valence-corrected chi connectivity index (χ2v) is 5.96.